The minimum Gasteiger partial charge on any atom is -0.512 e. The van der Waals surface area contributed by atoms with Crippen molar-refractivity contribution in [3.05, 3.63) is 11.3 Å². The molecule has 0 bridgehead atoms. The third kappa shape index (κ3) is 1.98. The van der Waals surface area contributed by atoms with Gasteiger partial charge in [0.1, 0.15) is 0 Å². The van der Waals surface area contributed by atoms with Gasteiger partial charge in [-0.1, -0.05) is 20.8 Å². The van der Waals surface area contributed by atoms with E-state index in [1.807, 2.05) is 0 Å². The van der Waals surface area contributed by atoms with Crippen molar-refractivity contribution in [3.8, 4) is 0 Å². The maximum Gasteiger partial charge on any atom is 0.0919 e. The van der Waals surface area contributed by atoms with Gasteiger partial charge in [0.25, 0.3) is 0 Å². The molecule has 0 heterocycles. The van der Waals surface area contributed by atoms with Crippen molar-refractivity contribution in [2.45, 2.75) is 40.0 Å². The van der Waals surface area contributed by atoms with E-state index in [4.69, 9.17) is 0 Å². The van der Waals surface area contributed by atoms with Crippen LogP contribution in [0.3, 0.4) is 0 Å². The summed E-state index contributed by atoms with van der Waals surface area (Å²) in [6.45, 7) is 6.51. The van der Waals surface area contributed by atoms with E-state index in [9.17, 15) is 5.11 Å². The number of hydrogen-bond donors (Lipinski definition) is 1. The molecule has 0 aromatic carbocycles. The minimum atomic E-state index is 0.530. The summed E-state index contributed by atoms with van der Waals surface area (Å²) in [6.07, 6.45) is 3.25. The zero-order valence-electron chi connectivity index (χ0n) is 7.72. The van der Waals surface area contributed by atoms with Gasteiger partial charge in [-0.2, -0.15) is 0 Å². The molecular weight excluding hydrogens is 136 g/mol. The molecule has 1 aliphatic carbocycles. The van der Waals surface area contributed by atoms with E-state index >= 15 is 0 Å². The van der Waals surface area contributed by atoms with E-state index in [0.717, 1.165) is 12.8 Å². The molecular formula is C10H18O. The Balaban J connectivity index is 2.70. The van der Waals surface area contributed by atoms with Crippen molar-refractivity contribution in [2.75, 3.05) is 0 Å². The molecule has 0 fully saturated rings. The third-order valence-electron chi connectivity index (χ3n) is 2.52. The molecule has 11 heavy (non-hydrogen) atoms. The number of allylic oxidation sites excluding steroid dienone is 2. The maximum atomic E-state index is 9.59. The molecule has 0 saturated carbocycles. The topological polar surface area (TPSA) is 20.2 Å². The molecule has 1 unspecified atom stereocenters. The van der Waals surface area contributed by atoms with Gasteiger partial charge in [0.2, 0.25) is 0 Å². The Morgan fingerprint density at radius 2 is 2.09 bits per heavy atom. The zero-order valence-corrected chi connectivity index (χ0v) is 7.72. The van der Waals surface area contributed by atoms with Gasteiger partial charge in [0.05, 0.1) is 5.76 Å². The lowest BCUT2D eigenvalue weighted by molar-refractivity contribution is 0.311. The summed E-state index contributed by atoms with van der Waals surface area (Å²) in [6, 6.07) is 0. The molecule has 1 N–H and O–H groups in total. The smallest absolute Gasteiger partial charge is 0.0919 e. The van der Waals surface area contributed by atoms with Crippen LogP contribution in [0.5, 0.6) is 0 Å². The zero-order chi connectivity index (χ0) is 8.43. The van der Waals surface area contributed by atoms with E-state index in [0.29, 0.717) is 17.6 Å². The van der Waals surface area contributed by atoms with Gasteiger partial charge in [-0.25, -0.2) is 0 Å². The quantitative estimate of drug-likeness (QED) is 0.614. The summed E-state index contributed by atoms with van der Waals surface area (Å²) < 4.78 is 0. The van der Waals surface area contributed by atoms with Gasteiger partial charge in [-0.15, -0.1) is 0 Å². The highest BCUT2D eigenvalue weighted by Gasteiger charge is 2.18. The van der Waals surface area contributed by atoms with Crippen LogP contribution in [0.1, 0.15) is 40.0 Å². The van der Waals surface area contributed by atoms with E-state index < -0.39 is 0 Å². The van der Waals surface area contributed by atoms with Gasteiger partial charge in [0, 0.05) is 6.42 Å². The summed E-state index contributed by atoms with van der Waals surface area (Å²) in [7, 11) is 0. The van der Waals surface area contributed by atoms with Gasteiger partial charge in [0.15, 0.2) is 0 Å². The molecule has 0 aromatic rings. The summed E-state index contributed by atoms with van der Waals surface area (Å²) >= 11 is 0. The number of aliphatic hydroxyl groups is 1. The molecule has 0 amide bonds. The fourth-order valence-electron chi connectivity index (χ4n) is 1.73. The van der Waals surface area contributed by atoms with Gasteiger partial charge >= 0.3 is 0 Å². The van der Waals surface area contributed by atoms with Crippen molar-refractivity contribution >= 4 is 0 Å². The number of hydrogen-bond acceptors (Lipinski definition) is 1. The largest absolute Gasteiger partial charge is 0.512 e. The molecule has 0 saturated heterocycles. The third-order valence-corrected chi connectivity index (χ3v) is 2.52. The minimum absolute atomic E-state index is 0.530. The van der Waals surface area contributed by atoms with Crippen LogP contribution >= 0.6 is 0 Å². The van der Waals surface area contributed by atoms with Crippen LogP contribution < -0.4 is 0 Å². The molecule has 1 heteroatoms. The van der Waals surface area contributed by atoms with Crippen LogP contribution in [0.4, 0.5) is 0 Å². The lowest BCUT2D eigenvalue weighted by Gasteiger charge is -2.23. The van der Waals surface area contributed by atoms with E-state index in [2.05, 4.69) is 20.8 Å². The average Bonchev–Trinajstić information content (AvgIpc) is 1.85. The second-order valence-electron chi connectivity index (χ2n) is 3.97. The van der Waals surface area contributed by atoms with Crippen molar-refractivity contribution in [2.24, 2.45) is 11.8 Å². The number of aliphatic hydroxyl groups excluding tert-OH is 1. The molecule has 1 rings (SSSR count). The van der Waals surface area contributed by atoms with Gasteiger partial charge in [-0.3, -0.25) is 0 Å². The summed E-state index contributed by atoms with van der Waals surface area (Å²) in [4.78, 5) is 0. The molecule has 0 spiro atoms. The first kappa shape index (κ1) is 8.63. The van der Waals surface area contributed by atoms with Crippen molar-refractivity contribution in [1.82, 2.24) is 0 Å². The van der Waals surface area contributed by atoms with Crippen molar-refractivity contribution < 1.29 is 5.11 Å². The van der Waals surface area contributed by atoms with Crippen molar-refractivity contribution in [1.29, 1.82) is 0 Å². The molecule has 1 atom stereocenters. The molecule has 64 valence electrons. The molecule has 0 aromatic heterocycles. The normalized spacial score (nSPS) is 26.4. The molecule has 1 nitrogen and oxygen atoms in total. The highest BCUT2D eigenvalue weighted by molar-refractivity contribution is 5.13. The average molecular weight is 154 g/mol. The van der Waals surface area contributed by atoms with Crippen LogP contribution in [0.2, 0.25) is 0 Å². The Morgan fingerprint density at radius 1 is 1.45 bits per heavy atom. The van der Waals surface area contributed by atoms with Crippen LogP contribution in [-0.4, -0.2) is 5.11 Å². The molecule has 0 radical (unpaired) electrons. The lowest BCUT2D eigenvalue weighted by atomic mass is 9.85. The van der Waals surface area contributed by atoms with E-state index in [-0.39, 0.29) is 0 Å². The van der Waals surface area contributed by atoms with Crippen LogP contribution in [0, 0.1) is 11.8 Å². The van der Waals surface area contributed by atoms with Crippen LogP contribution in [-0.2, 0) is 0 Å². The summed E-state index contributed by atoms with van der Waals surface area (Å²) in [5, 5.41) is 9.59. The van der Waals surface area contributed by atoms with Crippen LogP contribution in [0.25, 0.3) is 0 Å². The SMILES string of the molecule is CC1CCC(C(C)C)=C(O)C1. The molecule has 0 aliphatic heterocycles. The number of rotatable bonds is 1. The Morgan fingerprint density at radius 3 is 2.55 bits per heavy atom. The first-order chi connectivity index (χ1) is 5.11. The first-order valence-electron chi connectivity index (χ1n) is 4.52. The molecule has 1 aliphatic rings. The van der Waals surface area contributed by atoms with E-state index in [1.165, 1.54) is 12.0 Å². The Hall–Kier alpha value is -0.460. The maximum absolute atomic E-state index is 9.59. The predicted octanol–water partition coefficient (Wildman–Crippen LogP) is 3.27. The highest BCUT2D eigenvalue weighted by atomic mass is 16.3. The Kier molecular flexibility index (Phi) is 2.58. The van der Waals surface area contributed by atoms with Crippen LogP contribution in [0.15, 0.2) is 11.3 Å². The summed E-state index contributed by atoms with van der Waals surface area (Å²) in [5.41, 5.74) is 1.28. The Bertz CT molecular complexity index is 168. The predicted molar refractivity (Wildman–Crippen MR) is 47.5 cm³/mol. The second kappa shape index (κ2) is 3.29. The van der Waals surface area contributed by atoms with Gasteiger partial charge in [-0.05, 0) is 30.3 Å². The Labute approximate surface area is 69.1 Å². The standard InChI is InChI=1S/C10H18O/c1-7(2)9-5-4-8(3)6-10(9)11/h7-8,11H,4-6H2,1-3H3. The summed E-state index contributed by atoms with van der Waals surface area (Å²) in [5.74, 6) is 1.87. The second-order valence-corrected chi connectivity index (χ2v) is 3.97. The lowest BCUT2D eigenvalue weighted by Crippen LogP contribution is -2.10. The highest BCUT2D eigenvalue weighted by Crippen LogP contribution is 2.31. The van der Waals surface area contributed by atoms with E-state index in [1.54, 1.807) is 0 Å². The fraction of sp³-hybridized carbons (Fsp3) is 0.800. The van der Waals surface area contributed by atoms with Gasteiger partial charge < -0.3 is 5.11 Å². The fourth-order valence-corrected chi connectivity index (χ4v) is 1.73. The van der Waals surface area contributed by atoms with Crippen molar-refractivity contribution in [3.63, 3.8) is 0 Å². The first-order valence-corrected chi connectivity index (χ1v) is 4.52. The monoisotopic (exact) mass is 154 g/mol.